The topological polar surface area (TPSA) is 79.5 Å². The average molecular weight is 333 g/mol. The third-order valence-corrected chi connectivity index (χ3v) is 4.55. The SMILES string of the molecule is Cc1cc2c(O)c(C(=O)O)c(=O)n(Cc3cccc(F)c3)c2s1. The van der Waals surface area contributed by atoms with E-state index >= 15 is 0 Å². The molecule has 0 bridgehead atoms. The molecule has 0 spiro atoms. The van der Waals surface area contributed by atoms with Gasteiger partial charge in [-0.1, -0.05) is 12.1 Å². The Morgan fingerprint density at radius 2 is 2.09 bits per heavy atom. The second kappa shape index (κ2) is 5.51. The van der Waals surface area contributed by atoms with Crippen LogP contribution in [0.4, 0.5) is 4.39 Å². The summed E-state index contributed by atoms with van der Waals surface area (Å²) in [5.74, 6) is -2.46. The summed E-state index contributed by atoms with van der Waals surface area (Å²) in [5.41, 5.74) is -0.957. The maximum atomic E-state index is 13.3. The number of aromatic hydroxyl groups is 1. The van der Waals surface area contributed by atoms with E-state index in [1.165, 1.54) is 34.1 Å². The Morgan fingerprint density at radius 1 is 1.35 bits per heavy atom. The molecule has 0 fully saturated rings. The van der Waals surface area contributed by atoms with Crippen molar-refractivity contribution in [2.75, 3.05) is 0 Å². The maximum absolute atomic E-state index is 13.3. The summed E-state index contributed by atoms with van der Waals surface area (Å²) >= 11 is 1.27. The highest BCUT2D eigenvalue weighted by molar-refractivity contribution is 7.18. The number of rotatable bonds is 3. The van der Waals surface area contributed by atoms with Crippen LogP contribution in [0.15, 0.2) is 35.1 Å². The van der Waals surface area contributed by atoms with Gasteiger partial charge in [-0.3, -0.25) is 9.36 Å². The molecule has 2 heterocycles. The molecule has 1 aromatic carbocycles. The van der Waals surface area contributed by atoms with Gasteiger partial charge in [0.05, 0.1) is 11.9 Å². The predicted molar refractivity (Wildman–Crippen MR) is 84.9 cm³/mol. The molecule has 23 heavy (non-hydrogen) atoms. The number of carboxylic acid groups (broad SMARTS) is 1. The summed E-state index contributed by atoms with van der Waals surface area (Å²) in [6, 6.07) is 7.37. The largest absolute Gasteiger partial charge is 0.506 e. The number of hydrogen-bond donors (Lipinski definition) is 2. The molecule has 0 unspecified atom stereocenters. The zero-order valence-corrected chi connectivity index (χ0v) is 12.9. The van der Waals surface area contributed by atoms with E-state index in [0.717, 1.165) is 4.88 Å². The summed E-state index contributed by atoms with van der Waals surface area (Å²) in [6.45, 7) is 1.81. The minimum atomic E-state index is -1.49. The number of nitrogens with zero attached hydrogens (tertiary/aromatic N) is 1. The first-order chi connectivity index (χ1) is 10.9. The highest BCUT2D eigenvalue weighted by Gasteiger charge is 2.23. The van der Waals surface area contributed by atoms with Gasteiger partial charge >= 0.3 is 5.97 Å². The number of hydrogen-bond acceptors (Lipinski definition) is 4. The van der Waals surface area contributed by atoms with E-state index in [0.29, 0.717) is 15.8 Å². The van der Waals surface area contributed by atoms with Crippen LogP contribution in [0, 0.1) is 12.7 Å². The Hall–Kier alpha value is -2.67. The van der Waals surface area contributed by atoms with Gasteiger partial charge in [0.2, 0.25) is 0 Å². The monoisotopic (exact) mass is 333 g/mol. The Balaban J connectivity index is 2.30. The molecule has 2 aromatic heterocycles. The molecule has 0 radical (unpaired) electrons. The number of halogens is 1. The summed E-state index contributed by atoms with van der Waals surface area (Å²) < 4.78 is 14.6. The highest BCUT2D eigenvalue weighted by atomic mass is 32.1. The van der Waals surface area contributed by atoms with Crippen molar-refractivity contribution in [1.29, 1.82) is 0 Å². The van der Waals surface area contributed by atoms with E-state index in [4.69, 9.17) is 0 Å². The van der Waals surface area contributed by atoms with Gasteiger partial charge in [-0.25, -0.2) is 9.18 Å². The van der Waals surface area contributed by atoms with Crippen molar-refractivity contribution in [2.24, 2.45) is 0 Å². The van der Waals surface area contributed by atoms with Crippen LogP contribution < -0.4 is 5.56 Å². The fraction of sp³-hybridized carbons (Fsp3) is 0.125. The van der Waals surface area contributed by atoms with Crippen molar-refractivity contribution in [1.82, 2.24) is 4.57 Å². The lowest BCUT2D eigenvalue weighted by atomic mass is 10.1. The second-order valence-corrected chi connectivity index (χ2v) is 6.36. The molecule has 0 atom stereocenters. The highest BCUT2D eigenvalue weighted by Crippen LogP contribution is 2.33. The van der Waals surface area contributed by atoms with Crippen LogP contribution in [0.1, 0.15) is 20.8 Å². The lowest BCUT2D eigenvalue weighted by molar-refractivity contribution is 0.0691. The van der Waals surface area contributed by atoms with Gasteiger partial charge in [-0.05, 0) is 30.7 Å². The molecule has 3 rings (SSSR count). The van der Waals surface area contributed by atoms with Crippen molar-refractivity contribution in [3.63, 3.8) is 0 Å². The van der Waals surface area contributed by atoms with Gasteiger partial charge in [0.25, 0.3) is 5.56 Å². The molecule has 0 saturated carbocycles. The molecular formula is C16H12FNO4S. The molecule has 0 aliphatic carbocycles. The molecule has 118 valence electrons. The van der Waals surface area contributed by atoms with Crippen LogP contribution in [-0.4, -0.2) is 20.7 Å². The van der Waals surface area contributed by atoms with Gasteiger partial charge in [0.1, 0.15) is 16.4 Å². The quantitative estimate of drug-likeness (QED) is 0.772. The van der Waals surface area contributed by atoms with E-state index in [1.54, 1.807) is 19.1 Å². The first-order valence-corrected chi connectivity index (χ1v) is 7.53. The van der Waals surface area contributed by atoms with E-state index < -0.39 is 28.7 Å². The number of aromatic carboxylic acids is 1. The Labute approximate surface area is 133 Å². The minimum Gasteiger partial charge on any atom is -0.506 e. The first kappa shape index (κ1) is 15.2. The van der Waals surface area contributed by atoms with E-state index in [1.807, 2.05) is 0 Å². The number of carboxylic acids is 1. The summed E-state index contributed by atoms with van der Waals surface area (Å²) in [6.07, 6.45) is 0. The minimum absolute atomic E-state index is 0.0214. The van der Waals surface area contributed by atoms with Gasteiger partial charge < -0.3 is 10.2 Å². The van der Waals surface area contributed by atoms with Crippen LogP contribution in [0.2, 0.25) is 0 Å². The fourth-order valence-corrected chi connectivity index (χ4v) is 3.49. The van der Waals surface area contributed by atoms with Gasteiger partial charge in [-0.15, -0.1) is 11.3 Å². The summed E-state index contributed by atoms with van der Waals surface area (Å²) in [4.78, 5) is 25.1. The third-order valence-electron chi connectivity index (χ3n) is 3.48. The second-order valence-electron chi connectivity index (χ2n) is 5.13. The zero-order valence-electron chi connectivity index (χ0n) is 12.0. The van der Waals surface area contributed by atoms with Crippen molar-refractivity contribution in [3.8, 4) is 5.75 Å². The van der Waals surface area contributed by atoms with Crippen LogP contribution >= 0.6 is 11.3 Å². The average Bonchev–Trinajstić information content (AvgIpc) is 2.85. The number of pyridine rings is 1. The molecule has 0 aliphatic rings. The van der Waals surface area contributed by atoms with Crippen molar-refractivity contribution >= 4 is 27.5 Å². The number of aromatic nitrogens is 1. The van der Waals surface area contributed by atoms with Crippen LogP contribution in [0.25, 0.3) is 10.2 Å². The van der Waals surface area contributed by atoms with Crippen molar-refractivity contribution in [2.45, 2.75) is 13.5 Å². The summed E-state index contributed by atoms with van der Waals surface area (Å²) in [7, 11) is 0. The summed E-state index contributed by atoms with van der Waals surface area (Å²) in [5, 5.41) is 19.6. The van der Waals surface area contributed by atoms with Crippen LogP contribution in [0.3, 0.4) is 0 Å². The first-order valence-electron chi connectivity index (χ1n) is 6.72. The molecular weight excluding hydrogens is 321 g/mol. The van der Waals surface area contributed by atoms with E-state index in [-0.39, 0.29) is 6.54 Å². The normalized spacial score (nSPS) is 11.0. The van der Waals surface area contributed by atoms with Crippen LogP contribution in [-0.2, 0) is 6.54 Å². The lowest BCUT2D eigenvalue weighted by Gasteiger charge is -2.11. The zero-order chi connectivity index (χ0) is 16.7. The lowest BCUT2D eigenvalue weighted by Crippen LogP contribution is -2.26. The standard InChI is InChI=1S/C16H12FNO4S/c1-8-5-11-13(19)12(16(21)22)14(20)18(15(11)23-8)7-9-3-2-4-10(17)6-9/h2-6,19H,7H2,1H3,(H,21,22). The fourth-order valence-electron chi connectivity index (χ4n) is 2.49. The molecule has 0 amide bonds. The van der Waals surface area contributed by atoms with Gasteiger partial charge in [-0.2, -0.15) is 0 Å². The molecule has 0 saturated heterocycles. The molecule has 0 aliphatic heterocycles. The smallest absolute Gasteiger partial charge is 0.345 e. The Morgan fingerprint density at radius 3 is 2.74 bits per heavy atom. The molecule has 2 N–H and O–H groups in total. The van der Waals surface area contributed by atoms with Crippen molar-refractivity contribution < 1.29 is 19.4 Å². The predicted octanol–water partition coefficient (Wildman–Crippen LogP) is 2.96. The Kier molecular flexibility index (Phi) is 3.65. The van der Waals surface area contributed by atoms with E-state index in [2.05, 4.69) is 0 Å². The molecule has 3 aromatic rings. The Bertz CT molecular complexity index is 990. The maximum Gasteiger partial charge on any atom is 0.345 e. The third kappa shape index (κ3) is 2.59. The van der Waals surface area contributed by atoms with Gasteiger partial charge in [0.15, 0.2) is 5.56 Å². The number of benzene rings is 1. The van der Waals surface area contributed by atoms with E-state index in [9.17, 15) is 24.2 Å². The van der Waals surface area contributed by atoms with Crippen LogP contribution in [0.5, 0.6) is 5.75 Å². The number of fused-ring (bicyclic) bond motifs is 1. The van der Waals surface area contributed by atoms with Crippen molar-refractivity contribution in [3.05, 3.63) is 62.5 Å². The number of carbonyl (C=O) groups is 1. The number of thiophene rings is 1. The van der Waals surface area contributed by atoms with Gasteiger partial charge in [0, 0.05) is 4.88 Å². The molecule has 5 nitrogen and oxygen atoms in total. The number of aryl methyl sites for hydroxylation is 1. The molecule has 7 heteroatoms.